The number of rotatable bonds is 6. The molecule has 8 nitrogen and oxygen atoms in total. The second kappa shape index (κ2) is 8.10. The Hall–Kier alpha value is -4.27. The number of nitrogens with two attached hydrogens (primary N) is 1. The Bertz CT molecular complexity index is 1370. The van der Waals surface area contributed by atoms with Gasteiger partial charge in [0, 0.05) is 24.8 Å². The SMILES string of the molecule is CCn1c(-c2n[nH]cc2-c2ccc(F)cc2)nc2c(N)nc(NCc3ccccc3)nc21. The topological polar surface area (TPSA) is 110 Å². The molecule has 0 amide bonds. The van der Waals surface area contributed by atoms with Gasteiger partial charge in [-0.2, -0.15) is 15.1 Å². The number of aryl methyl sites for hydroxylation is 1. The third-order valence-electron chi connectivity index (χ3n) is 5.24. The third kappa shape index (κ3) is 3.53. The molecule has 0 atom stereocenters. The van der Waals surface area contributed by atoms with Gasteiger partial charge < -0.3 is 15.6 Å². The maximum atomic E-state index is 13.4. The second-order valence-corrected chi connectivity index (χ2v) is 7.28. The highest BCUT2D eigenvalue weighted by molar-refractivity contribution is 5.88. The van der Waals surface area contributed by atoms with E-state index >= 15 is 0 Å². The lowest BCUT2D eigenvalue weighted by Gasteiger charge is -2.08. The van der Waals surface area contributed by atoms with E-state index in [1.165, 1.54) is 12.1 Å². The van der Waals surface area contributed by atoms with Crippen LogP contribution in [-0.2, 0) is 13.1 Å². The van der Waals surface area contributed by atoms with Crippen molar-refractivity contribution < 1.29 is 4.39 Å². The minimum absolute atomic E-state index is 0.290. The number of H-pyrrole nitrogens is 1. The summed E-state index contributed by atoms with van der Waals surface area (Å²) in [5, 5.41) is 10.5. The van der Waals surface area contributed by atoms with Crippen molar-refractivity contribution in [2.75, 3.05) is 11.1 Å². The van der Waals surface area contributed by atoms with Crippen molar-refractivity contribution in [3.05, 3.63) is 72.2 Å². The smallest absolute Gasteiger partial charge is 0.227 e. The van der Waals surface area contributed by atoms with Gasteiger partial charge in [0.05, 0.1) is 0 Å². The third-order valence-corrected chi connectivity index (χ3v) is 5.24. The van der Waals surface area contributed by atoms with E-state index in [0.29, 0.717) is 41.7 Å². The minimum atomic E-state index is -0.293. The standard InChI is InChI=1S/C23H21FN8/c1-2-32-21(18-17(13-27-31-18)15-8-10-16(24)11-9-15)28-19-20(25)29-23(30-22(19)32)26-12-14-6-4-3-5-7-14/h3-11,13H,2,12H2,1H3,(H,27,31)(H3,25,26,29,30). The summed E-state index contributed by atoms with van der Waals surface area (Å²) in [6.07, 6.45) is 1.77. The molecule has 0 aliphatic rings. The number of hydrogen-bond acceptors (Lipinski definition) is 6. The van der Waals surface area contributed by atoms with Crippen molar-refractivity contribution in [2.45, 2.75) is 20.0 Å². The van der Waals surface area contributed by atoms with Crippen molar-refractivity contribution >= 4 is 22.9 Å². The first-order chi connectivity index (χ1) is 15.6. The number of anilines is 2. The first-order valence-electron chi connectivity index (χ1n) is 10.3. The Labute approximate surface area is 183 Å². The van der Waals surface area contributed by atoms with E-state index in [1.54, 1.807) is 18.3 Å². The van der Waals surface area contributed by atoms with E-state index in [2.05, 4.69) is 25.5 Å². The van der Waals surface area contributed by atoms with Gasteiger partial charge in [0.25, 0.3) is 0 Å². The van der Waals surface area contributed by atoms with Crippen molar-refractivity contribution in [2.24, 2.45) is 0 Å². The Kier molecular flexibility index (Phi) is 4.98. The van der Waals surface area contributed by atoms with Crippen LogP contribution in [0.2, 0.25) is 0 Å². The van der Waals surface area contributed by atoms with Crippen LogP contribution < -0.4 is 11.1 Å². The quantitative estimate of drug-likeness (QED) is 0.373. The molecule has 0 saturated heterocycles. The molecule has 0 bridgehead atoms. The molecule has 0 fully saturated rings. The molecular weight excluding hydrogens is 407 g/mol. The Morgan fingerprint density at radius 3 is 2.56 bits per heavy atom. The molecule has 3 aromatic heterocycles. The summed E-state index contributed by atoms with van der Waals surface area (Å²) in [6, 6.07) is 16.3. The maximum Gasteiger partial charge on any atom is 0.227 e. The number of fused-ring (bicyclic) bond motifs is 1. The fourth-order valence-corrected chi connectivity index (χ4v) is 3.67. The predicted octanol–water partition coefficient (Wildman–Crippen LogP) is 4.24. The van der Waals surface area contributed by atoms with Crippen molar-refractivity contribution in [1.29, 1.82) is 0 Å². The molecule has 2 aromatic carbocycles. The fourth-order valence-electron chi connectivity index (χ4n) is 3.67. The van der Waals surface area contributed by atoms with Crippen LogP contribution in [0.1, 0.15) is 12.5 Å². The van der Waals surface area contributed by atoms with Crippen LogP contribution in [0.15, 0.2) is 60.8 Å². The van der Waals surface area contributed by atoms with Gasteiger partial charge in [-0.1, -0.05) is 42.5 Å². The minimum Gasteiger partial charge on any atom is -0.382 e. The number of nitrogens with one attached hydrogen (secondary N) is 2. The zero-order valence-corrected chi connectivity index (χ0v) is 17.4. The summed E-state index contributed by atoms with van der Waals surface area (Å²) in [5.41, 5.74) is 10.8. The van der Waals surface area contributed by atoms with Gasteiger partial charge in [-0.15, -0.1) is 0 Å². The van der Waals surface area contributed by atoms with Gasteiger partial charge in [0.1, 0.15) is 11.5 Å². The van der Waals surface area contributed by atoms with E-state index in [4.69, 9.17) is 10.7 Å². The lowest BCUT2D eigenvalue weighted by Crippen LogP contribution is -2.07. The van der Waals surface area contributed by atoms with Crippen LogP contribution in [0.4, 0.5) is 16.2 Å². The molecule has 3 heterocycles. The predicted molar refractivity (Wildman–Crippen MR) is 122 cm³/mol. The van der Waals surface area contributed by atoms with Crippen LogP contribution in [0.25, 0.3) is 33.8 Å². The summed E-state index contributed by atoms with van der Waals surface area (Å²) in [7, 11) is 0. The van der Waals surface area contributed by atoms with Crippen LogP contribution in [0.5, 0.6) is 0 Å². The molecule has 0 unspecified atom stereocenters. The molecule has 32 heavy (non-hydrogen) atoms. The lowest BCUT2D eigenvalue weighted by atomic mass is 10.1. The van der Waals surface area contributed by atoms with Crippen LogP contribution in [-0.4, -0.2) is 29.7 Å². The first-order valence-corrected chi connectivity index (χ1v) is 10.3. The highest BCUT2D eigenvalue weighted by atomic mass is 19.1. The van der Waals surface area contributed by atoms with Gasteiger partial charge >= 0.3 is 0 Å². The zero-order valence-electron chi connectivity index (χ0n) is 17.4. The van der Waals surface area contributed by atoms with Gasteiger partial charge in [0.15, 0.2) is 22.8 Å². The molecule has 0 aliphatic carbocycles. The van der Waals surface area contributed by atoms with E-state index in [-0.39, 0.29) is 11.6 Å². The second-order valence-electron chi connectivity index (χ2n) is 7.28. The highest BCUT2D eigenvalue weighted by Crippen LogP contribution is 2.32. The maximum absolute atomic E-state index is 13.4. The number of halogens is 1. The number of aromatic nitrogens is 6. The molecule has 9 heteroatoms. The zero-order chi connectivity index (χ0) is 22.1. The molecule has 0 radical (unpaired) electrons. The van der Waals surface area contributed by atoms with Crippen LogP contribution in [0.3, 0.4) is 0 Å². The van der Waals surface area contributed by atoms with E-state index in [0.717, 1.165) is 16.7 Å². The van der Waals surface area contributed by atoms with Crippen molar-refractivity contribution in [3.63, 3.8) is 0 Å². The molecule has 0 spiro atoms. The molecule has 4 N–H and O–H groups in total. The van der Waals surface area contributed by atoms with Crippen LogP contribution >= 0.6 is 0 Å². The monoisotopic (exact) mass is 428 g/mol. The summed E-state index contributed by atoms with van der Waals surface area (Å²) >= 11 is 0. The number of imidazole rings is 1. The Morgan fingerprint density at radius 1 is 1.03 bits per heavy atom. The summed E-state index contributed by atoms with van der Waals surface area (Å²) < 4.78 is 15.3. The lowest BCUT2D eigenvalue weighted by molar-refractivity contribution is 0.628. The summed E-state index contributed by atoms with van der Waals surface area (Å²) in [4.78, 5) is 13.8. The van der Waals surface area contributed by atoms with Gasteiger partial charge in [0.2, 0.25) is 5.95 Å². The number of hydrogen-bond donors (Lipinski definition) is 3. The van der Waals surface area contributed by atoms with Crippen molar-refractivity contribution in [3.8, 4) is 22.6 Å². The number of nitrogens with zero attached hydrogens (tertiary/aromatic N) is 5. The summed E-state index contributed by atoms with van der Waals surface area (Å²) in [6.45, 7) is 3.19. The van der Waals surface area contributed by atoms with Gasteiger partial charge in [-0.25, -0.2) is 9.37 Å². The molecule has 0 aliphatic heterocycles. The first kappa shape index (κ1) is 19.7. The molecule has 0 saturated carbocycles. The molecular formula is C23H21FN8. The average Bonchev–Trinajstić information content (AvgIpc) is 3.43. The average molecular weight is 428 g/mol. The number of aromatic amines is 1. The highest BCUT2D eigenvalue weighted by Gasteiger charge is 2.21. The molecule has 160 valence electrons. The van der Waals surface area contributed by atoms with Gasteiger partial charge in [-0.3, -0.25) is 5.10 Å². The normalized spacial score (nSPS) is 11.2. The number of nitrogen functional groups attached to an aromatic ring is 1. The largest absolute Gasteiger partial charge is 0.382 e. The van der Waals surface area contributed by atoms with Crippen molar-refractivity contribution in [1.82, 2.24) is 29.7 Å². The Balaban J connectivity index is 1.56. The fraction of sp³-hybridized carbons (Fsp3) is 0.130. The van der Waals surface area contributed by atoms with E-state index < -0.39 is 0 Å². The van der Waals surface area contributed by atoms with E-state index in [9.17, 15) is 4.39 Å². The molecule has 5 rings (SSSR count). The molecule has 5 aromatic rings. The summed E-state index contributed by atoms with van der Waals surface area (Å²) in [5.74, 6) is 1.04. The Morgan fingerprint density at radius 2 is 1.81 bits per heavy atom. The van der Waals surface area contributed by atoms with Crippen LogP contribution in [0, 0.1) is 5.82 Å². The van der Waals surface area contributed by atoms with E-state index in [1.807, 2.05) is 41.8 Å². The number of benzene rings is 2. The van der Waals surface area contributed by atoms with Gasteiger partial charge in [-0.05, 0) is 30.2 Å².